The van der Waals surface area contributed by atoms with Crippen molar-refractivity contribution in [1.82, 2.24) is 35.7 Å². The first-order valence-corrected chi connectivity index (χ1v) is 9.63. The Labute approximate surface area is 180 Å². The number of nitrogens with zero attached hydrogens (tertiary/aromatic N) is 5. The quantitative estimate of drug-likeness (QED) is 0.522. The summed E-state index contributed by atoms with van der Waals surface area (Å²) in [5.41, 5.74) is 8.51. The molecular weight excluding hydrogens is 432 g/mol. The Hall–Kier alpha value is -3.64. The van der Waals surface area contributed by atoms with Crippen molar-refractivity contribution in [3.8, 4) is 0 Å². The Morgan fingerprint density at radius 2 is 2.12 bits per heavy atom. The van der Waals surface area contributed by atoms with Crippen LogP contribution >= 0.6 is 0 Å². The first-order chi connectivity index (χ1) is 15.1. The number of hydrogen-bond donors (Lipinski definition) is 3. The van der Waals surface area contributed by atoms with Gasteiger partial charge < -0.3 is 11.1 Å². The highest BCUT2D eigenvalue weighted by molar-refractivity contribution is 5.91. The first kappa shape index (κ1) is 23.0. The van der Waals surface area contributed by atoms with Crippen molar-refractivity contribution in [2.75, 3.05) is 7.05 Å². The largest absolute Gasteiger partial charge is 0.416 e. The van der Waals surface area contributed by atoms with E-state index >= 15 is 0 Å². The molecule has 3 heterocycles. The first-order valence-electron chi connectivity index (χ1n) is 9.63. The zero-order valence-electron chi connectivity index (χ0n) is 17.1. The topological polar surface area (TPSA) is 114 Å². The SMILES string of the molecule is CN1NC(N)=CC=C1CCC(F)Cn1cc(C(=O)NCc2cc(C(F)(F)F)ccn2)nn1. The molecule has 0 aromatic carbocycles. The van der Waals surface area contributed by atoms with Gasteiger partial charge in [0.15, 0.2) is 5.69 Å². The minimum Gasteiger partial charge on any atom is -0.384 e. The van der Waals surface area contributed by atoms with Gasteiger partial charge in [-0.15, -0.1) is 5.10 Å². The lowest BCUT2D eigenvalue weighted by Gasteiger charge is -2.27. The predicted octanol–water partition coefficient (Wildman–Crippen LogP) is 1.87. The van der Waals surface area contributed by atoms with E-state index < -0.39 is 23.8 Å². The molecule has 0 bridgehead atoms. The molecule has 3 rings (SSSR count). The van der Waals surface area contributed by atoms with Gasteiger partial charge in [-0.1, -0.05) is 5.21 Å². The minimum atomic E-state index is -4.50. The predicted molar refractivity (Wildman–Crippen MR) is 106 cm³/mol. The molecule has 0 radical (unpaired) electrons. The van der Waals surface area contributed by atoms with Gasteiger partial charge in [0, 0.05) is 18.9 Å². The highest BCUT2D eigenvalue weighted by Crippen LogP contribution is 2.28. The fourth-order valence-corrected chi connectivity index (χ4v) is 2.95. The van der Waals surface area contributed by atoms with Gasteiger partial charge in [-0.05, 0) is 37.1 Å². The second-order valence-corrected chi connectivity index (χ2v) is 7.13. The van der Waals surface area contributed by atoms with Crippen LogP contribution in [0.25, 0.3) is 0 Å². The maximum Gasteiger partial charge on any atom is 0.416 e. The van der Waals surface area contributed by atoms with Gasteiger partial charge in [0.1, 0.15) is 12.0 Å². The lowest BCUT2D eigenvalue weighted by Crippen LogP contribution is -2.38. The fraction of sp³-hybridized carbons (Fsp3) is 0.368. The van der Waals surface area contributed by atoms with Crippen molar-refractivity contribution in [2.45, 2.75) is 38.3 Å². The molecule has 1 atom stereocenters. The third-order valence-corrected chi connectivity index (χ3v) is 4.63. The van der Waals surface area contributed by atoms with Crippen LogP contribution in [0, 0.1) is 0 Å². The van der Waals surface area contributed by atoms with Crippen LogP contribution in [-0.4, -0.2) is 44.1 Å². The average Bonchev–Trinajstić information content (AvgIpc) is 3.19. The highest BCUT2D eigenvalue weighted by Gasteiger charge is 2.30. The van der Waals surface area contributed by atoms with E-state index in [-0.39, 0.29) is 30.9 Å². The highest BCUT2D eigenvalue weighted by atomic mass is 19.4. The molecule has 1 unspecified atom stereocenters. The Morgan fingerprint density at radius 3 is 2.84 bits per heavy atom. The van der Waals surface area contributed by atoms with Gasteiger partial charge in [-0.2, -0.15) is 13.2 Å². The number of aromatic nitrogens is 4. The van der Waals surface area contributed by atoms with E-state index in [1.807, 2.05) is 0 Å². The number of carbonyl (C=O) groups is 1. The average molecular weight is 454 g/mol. The van der Waals surface area contributed by atoms with Crippen LogP contribution in [0.4, 0.5) is 17.6 Å². The normalized spacial score (nSPS) is 15.0. The molecular formula is C19H22F4N8O. The summed E-state index contributed by atoms with van der Waals surface area (Å²) in [4.78, 5) is 16.0. The summed E-state index contributed by atoms with van der Waals surface area (Å²) in [7, 11) is 1.77. The maximum absolute atomic E-state index is 14.4. The molecule has 13 heteroatoms. The number of hydrazine groups is 1. The molecule has 172 valence electrons. The van der Waals surface area contributed by atoms with Crippen LogP contribution in [-0.2, 0) is 19.3 Å². The number of alkyl halides is 4. The molecule has 0 fully saturated rings. The summed E-state index contributed by atoms with van der Waals surface area (Å²) in [6.45, 7) is -0.325. The van der Waals surface area contributed by atoms with E-state index in [4.69, 9.17) is 5.73 Å². The Bertz CT molecular complexity index is 1020. The molecule has 0 saturated carbocycles. The van der Waals surface area contributed by atoms with Crippen LogP contribution < -0.4 is 16.5 Å². The number of halogens is 4. The van der Waals surface area contributed by atoms with Gasteiger partial charge >= 0.3 is 6.18 Å². The summed E-state index contributed by atoms with van der Waals surface area (Å²) in [5.74, 6) is -0.166. The number of amides is 1. The van der Waals surface area contributed by atoms with E-state index in [2.05, 4.69) is 26.0 Å². The monoisotopic (exact) mass is 454 g/mol. The van der Waals surface area contributed by atoms with Crippen LogP contribution in [0.3, 0.4) is 0 Å². The Balaban J connectivity index is 1.49. The molecule has 9 nitrogen and oxygen atoms in total. The minimum absolute atomic E-state index is 0.0393. The van der Waals surface area contributed by atoms with E-state index in [0.29, 0.717) is 12.2 Å². The van der Waals surface area contributed by atoms with E-state index in [1.54, 1.807) is 24.2 Å². The van der Waals surface area contributed by atoms with Crippen LogP contribution in [0.1, 0.15) is 34.6 Å². The Morgan fingerprint density at radius 1 is 1.34 bits per heavy atom. The zero-order valence-corrected chi connectivity index (χ0v) is 17.1. The molecule has 2 aromatic rings. The molecule has 1 aliphatic heterocycles. The van der Waals surface area contributed by atoms with Crippen molar-refractivity contribution in [3.63, 3.8) is 0 Å². The van der Waals surface area contributed by atoms with Crippen molar-refractivity contribution in [2.24, 2.45) is 5.73 Å². The van der Waals surface area contributed by atoms with Gasteiger partial charge in [0.25, 0.3) is 5.91 Å². The molecule has 1 aliphatic rings. The summed E-state index contributed by atoms with van der Waals surface area (Å²) in [6.07, 6.45) is 0.726. The number of hydrogen-bond acceptors (Lipinski definition) is 7. The third kappa shape index (κ3) is 6.18. The third-order valence-electron chi connectivity index (χ3n) is 4.63. The summed E-state index contributed by atoms with van der Waals surface area (Å²) in [5, 5.41) is 11.6. The lowest BCUT2D eigenvalue weighted by atomic mass is 10.1. The molecule has 0 saturated heterocycles. The molecule has 4 N–H and O–H groups in total. The van der Waals surface area contributed by atoms with Crippen molar-refractivity contribution in [1.29, 1.82) is 0 Å². The molecule has 1 amide bonds. The second kappa shape index (κ2) is 9.66. The molecule has 2 aromatic heterocycles. The summed E-state index contributed by atoms with van der Waals surface area (Å²) >= 11 is 0. The number of nitrogens with one attached hydrogen (secondary N) is 2. The maximum atomic E-state index is 14.4. The van der Waals surface area contributed by atoms with Crippen LogP contribution in [0.15, 0.2) is 48.2 Å². The van der Waals surface area contributed by atoms with Gasteiger partial charge in [0.2, 0.25) is 0 Å². The van der Waals surface area contributed by atoms with Crippen molar-refractivity contribution < 1.29 is 22.4 Å². The number of nitrogens with two attached hydrogens (primary N) is 1. The van der Waals surface area contributed by atoms with Crippen molar-refractivity contribution in [3.05, 3.63) is 65.1 Å². The number of allylic oxidation sites excluding steroid dienone is 3. The van der Waals surface area contributed by atoms with E-state index in [0.717, 1.165) is 24.0 Å². The van der Waals surface area contributed by atoms with Gasteiger partial charge in [-0.3, -0.25) is 20.2 Å². The fourth-order valence-electron chi connectivity index (χ4n) is 2.95. The second-order valence-electron chi connectivity index (χ2n) is 7.13. The number of carbonyl (C=O) groups excluding carboxylic acids is 1. The van der Waals surface area contributed by atoms with Crippen LogP contribution in [0.5, 0.6) is 0 Å². The molecule has 0 spiro atoms. The standard InChI is InChI=1S/C19H22F4N8O/c1-30-15(4-5-17(24)28-30)3-2-13(20)10-31-11-16(27-29-31)18(32)26-9-14-8-12(6-7-25-14)19(21,22)23/h4-8,11,13,28H,2-3,9-10,24H2,1H3,(H,26,32). The van der Waals surface area contributed by atoms with E-state index in [1.165, 1.54) is 10.9 Å². The van der Waals surface area contributed by atoms with Gasteiger partial charge in [0.05, 0.1) is 30.5 Å². The number of pyridine rings is 1. The summed E-state index contributed by atoms with van der Waals surface area (Å²) in [6, 6.07) is 1.69. The van der Waals surface area contributed by atoms with E-state index in [9.17, 15) is 22.4 Å². The Kier molecular flexibility index (Phi) is 6.95. The van der Waals surface area contributed by atoms with Gasteiger partial charge in [-0.25, -0.2) is 9.07 Å². The smallest absolute Gasteiger partial charge is 0.384 e. The number of rotatable bonds is 8. The zero-order chi connectivity index (χ0) is 23.3. The lowest BCUT2D eigenvalue weighted by molar-refractivity contribution is -0.137. The van der Waals surface area contributed by atoms with Crippen molar-refractivity contribution >= 4 is 5.91 Å². The summed E-state index contributed by atoms with van der Waals surface area (Å²) < 4.78 is 53.8. The van der Waals surface area contributed by atoms with Crippen LogP contribution in [0.2, 0.25) is 0 Å². The molecule has 32 heavy (non-hydrogen) atoms. The molecule has 0 aliphatic carbocycles.